The van der Waals surface area contributed by atoms with Crippen molar-refractivity contribution in [3.05, 3.63) is 57.6 Å². The van der Waals surface area contributed by atoms with Gasteiger partial charge in [-0.05, 0) is 25.5 Å². The van der Waals surface area contributed by atoms with Crippen molar-refractivity contribution < 1.29 is 19.4 Å². The fourth-order valence-corrected chi connectivity index (χ4v) is 4.69. The summed E-state index contributed by atoms with van der Waals surface area (Å²) < 4.78 is 7.12. The number of thiazole rings is 1. The zero-order valence-corrected chi connectivity index (χ0v) is 17.8. The van der Waals surface area contributed by atoms with E-state index in [2.05, 4.69) is 15.3 Å². The first-order valence-corrected chi connectivity index (χ1v) is 10.9. The summed E-state index contributed by atoms with van der Waals surface area (Å²) in [5, 5.41) is 15.2. The number of ether oxygens (including phenoxy) is 1. The highest BCUT2D eigenvalue weighted by Gasteiger charge is 2.41. The molecule has 0 aromatic carbocycles. The van der Waals surface area contributed by atoms with Crippen molar-refractivity contribution >= 4 is 28.3 Å². The van der Waals surface area contributed by atoms with E-state index >= 15 is 0 Å². The highest BCUT2D eigenvalue weighted by Crippen LogP contribution is 2.29. The van der Waals surface area contributed by atoms with Crippen LogP contribution in [-0.4, -0.2) is 55.2 Å². The van der Waals surface area contributed by atoms with Gasteiger partial charge in [0.05, 0.1) is 18.8 Å². The lowest BCUT2D eigenvalue weighted by atomic mass is 10.1. The third-order valence-electron chi connectivity index (χ3n) is 5.62. The van der Waals surface area contributed by atoms with Gasteiger partial charge in [0.2, 0.25) is 5.43 Å². The van der Waals surface area contributed by atoms with E-state index in [1.165, 1.54) is 27.0 Å². The Bertz CT molecular complexity index is 1270. The topological polar surface area (TPSA) is 127 Å². The van der Waals surface area contributed by atoms with Crippen molar-refractivity contribution in [2.75, 3.05) is 11.9 Å². The summed E-state index contributed by atoms with van der Waals surface area (Å²) in [5.74, 6) is -1.95. The van der Waals surface area contributed by atoms with Crippen molar-refractivity contribution in [1.29, 1.82) is 0 Å². The number of anilines is 1. The van der Waals surface area contributed by atoms with E-state index in [4.69, 9.17) is 4.74 Å². The molecule has 3 aromatic rings. The van der Waals surface area contributed by atoms with Crippen LogP contribution in [0.5, 0.6) is 5.75 Å². The maximum atomic E-state index is 13.0. The molecule has 10 nitrogen and oxygen atoms in total. The molecule has 2 aliphatic heterocycles. The van der Waals surface area contributed by atoms with Crippen molar-refractivity contribution in [3.8, 4) is 17.0 Å². The monoisotopic (exact) mass is 453 g/mol. The van der Waals surface area contributed by atoms with E-state index in [1.807, 2.05) is 6.92 Å². The molecule has 2 N–H and O–H groups in total. The Hall–Kier alpha value is -3.57. The standard InChI is InChI=1S/C21H19N5O5S/c1-11-4-7-31-15-9-25-8-13(17(27)18(28)16(25)20(30)26(11)15)19(29)24-21-23-14(10-32-21)12-2-5-22-6-3-12/h2-3,5-6,8,10-11,15,28H,4,7,9H2,1H3,(H,23,24,29)/t11-,15+/m1/s1. The molecule has 11 heteroatoms. The van der Waals surface area contributed by atoms with Crippen molar-refractivity contribution in [2.45, 2.75) is 32.2 Å². The Labute approximate surface area is 186 Å². The Morgan fingerprint density at radius 3 is 2.88 bits per heavy atom. The minimum absolute atomic E-state index is 0.0769. The minimum atomic E-state index is -0.906. The number of nitrogens with zero attached hydrogens (tertiary/aromatic N) is 4. The molecule has 5 rings (SSSR count). The number of carbonyl (C=O) groups is 2. The second-order valence-corrected chi connectivity index (χ2v) is 8.48. The fraction of sp³-hybridized carbons (Fsp3) is 0.286. The van der Waals surface area contributed by atoms with E-state index in [-0.39, 0.29) is 23.8 Å². The van der Waals surface area contributed by atoms with Crippen LogP contribution < -0.4 is 10.7 Å². The van der Waals surface area contributed by atoms with Crippen LogP contribution in [0.3, 0.4) is 0 Å². The molecule has 2 aliphatic rings. The van der Waals surface area contributed by atoms with Gasteiger partial charge in [-0.2, -0.15) is 0 Å². The lowest BCUT2D eigenvalue weighted by Gasteiger charge is -2.44. The predicted molar refractivity (Wildman–Crippen MR) is 116 cm³/mol. The molecule has 0 bridgehead atoms. The quantitative estimate of drug-likeness (QED) is 0.620. The molecule has 0 spiro atoms. The Balaban J connectivity index is 1.45. The average Bonchev–Trinajstić information content (AvgIpc) is 3.25. The van der Waals surface area contributed by atoms with E-state index in [0.29, 0.717) is 23.9 Å². The summed E-state index contributed by atoms with van der Waals surface area (Å²) in [4.78, 5) is 48.4. The van der Waals surface area contributed by atoms with Gasteiger partial charge < -0.3 is 19.3 Å². The zero-order chi connectivity index (χ0) is 22.4. The summed E-state index contributed by atoms with van der Waals surface area (Å²) in [6, 6.07) is 3.51. The number of pyridine rings is 2. The van der Waals surface area contributed by atoms with Gasteiger partial charge in [0.15, 0.2) is 22.8 Å². The highest BCUT2D eigenvalue weighted by molar-refractivity contribution is 7.14. The molecular formula is C21H19N5O5S. The van der Waals surface area contributed by atoms with Crippen molar-refractivity contribution in [2.24, 2.45) is 0 Å². The average molecular weight is 453 g/mol. The van der Waals surface area contributed by atoms with Crippen LogP contribution in [-0.2, 0) is 11.3 Å². The predicted octanol–water partition coefficient (Wildman–Crippen LogP) is 1.92. The summed E-state index contributed by atoms with van der Waals surface area (Å²) in [5.41, 5.74) is 0.184. The number of carbonyl (C=O) groups excluding carboxylic acids is 2. The molecule has 32 heavy (non-hydrogen) atoms. The normalized spacial score (nSPS) is 19.9. The molecule has 1 saturated heterocycles. The molecule has 0 radical (unpaired) electrons. The lowest BCUT2D eigenvalue weighted by molar-refractivity contribution is -0.112. The van der Waals surface area contributed by atoms with Gasteiger partial charge >= 0.3 is 0 Å². The summed E-state index contributed by atoms with van der Waals surface area (Å²) in [6.45, 7) is 2.62. The van der Waals surface area contributed by atoms with Crippen LogP contribution in [0.2, 0.25) is 0 Å². The number of hydrogen-bond donors (Lipinski definition) is 2. The largest absolute Gasteiger partial charge is 0.503 e. The van der Waals surface area contributed by atoms with E-state index in [9.17, 15) is 19.5 Å². The maximum absolute atomic E-state index is 13.0. The van der Waals surface area contributed by atoms with Gasteiger partial charge in [-0.3, -0.25) is 24.7 Å². The number of aromatic hydroxyl groups is 1. The second kappa shape index (κ2) is 7.84. The number of nitrogens with one attached hydrogen (secondary N) is 1. The van der Waals surface area contributed by atoms with E-state index in [1.54, 1.807) is 29.9 Å². The smallest absolute Gasteiger partial charge is 0.276 e. The first kappa shape index (κ1) is 20.3. The highest BCUT2D eigenvalue weighted by atomic mass is 32.1. The molecule has 2 amide bonds. The molecule has 164 valence electrons. The Morgan fingerprint density at radius 1 is 1.31 bits per heavy atom. The van der Waals surface area contributed by atoms with Crippen LogP contribution >= 0.6 is 11.3 Å². The molecule has 0 aliphatic carbocycles. The fourth-order valence-electron chi connectivity index (χ4n) is 3.97. The number of amides is 2. The molecule has 3 aromatic heterocycles. The number of aromatic nitrogens is 3. The SMILES string of the molecule is C[C@@H]1CCO[C@H]2Cn3cc(C(=O)Nc4nc(-c5ccncc5)cs4)c(=O)c(O)c3C(=O)N12. The van der Waals surface area contributed by atoms with Gasteiger partial charge in [-0.15, -0.1) is 11.3 Å². The Kier molecular flexibility index (Phi) is 4.98. The second-order valence-electron chi connectivity index (χ2n) is 7.62. The molecule has 5 heterocycles. The van der Waals surface area contributed by atoms with Crippen molar-refractivity contribution in [1.82, 2.24) is 19.4 Å². The molecule has 0 saturated carbocycles. The molecular weight excluding hydrogens is 434 g/mol. The van der Waals surface area contributed by atoms with Gasteiger partial charge in [0.1, 0.15) is 5.56 Å². The molecule has 2 atom stereocenters. The minimum Gasteiger partial charge on any atom is -0.503 e. The number of hydrogen-bond acceptors (Lipinski definition) is 8. The van der Waals surface area contributed by atoms with Crippen molar-refractivity contribution in [3.63, 3.8) is 0 Å². The molecule has 1 fully saturated rings. The first-order valence-electron chi connectivity index (χ1n) is 10.0. The summed E-state index contributed by atoms with van der Waals surface area (Å²) >= 11 is 1.21. The summed E-state index contributed by atoms with van der Waals surface area (Å²) in [6.07, 6.45) is 4.73. The van der Waals surface area contributed by atoms with E-state index < -0.39 is 29.2 Å². The van der Waals surface area contributed by atoms with Crippen LogP contribution in [0.4, 0.5) is 5.13 Å². The molecule has 0 unspecified atom stereocenters. The lowest BCUT2D eigenvalue weighted by Crippen LogP contribution is -2.57. The van der Waals surface area contributed by atoms with Crippen LogP contribution in [0.15, 0.2) is 40.9 Å². The van der Waals surface area contributed by atoms with Crippen LogP contribution in [0.1, 0.15) is 34.2 Å². The van der Waals surface area contributed by atoms with Gasteiger partial charge in [-0.25, -0.2) is 4.98 Å². The van der Waals surface area contributed by atoms with Gasteiger partial charge in [0, 0.05) is 35.6 Å². The van der Waals surface area contributed by atoms with Crippen LogP contribution in [0, 0.1) is 0 Å². The third-order valence-corrected chi connectivity index (χ3v) is 6.38. The third kappa shape index (κ3) is 3.35. The first-order chi connectivity index (χ1) is 15.4. The van der Waals surface area contributed by atoms with E-state index in [0.717, 1.165) is 5.56 Å². The zero-order valence-electron chi connectivity index (χ0n) is 17.0. The maximum Gasteiger partial charge on any atom is 0.276 e. The van der Waals surface area contributed by atoms with Gasteiger partial charge in [0.25, 0.3) is 11.8 Å². The number of fused-ring (bicyclic) bond motifs is 2. The summed E-state index contributed by atoms with van der Waals surface area (Å²) in [7, 11) is 0. The Morgan fingerprint density at radius 2 is 2.09 bits per heavy atom. The number of rotatable bonds is 3. The van der Waals surface area contributed by atoms with Crippen LogP contribution in [0.25, 0.3) is 11.3 Å². The van der Waals surface area contributed by atoms with Gasteiger partial charge in [-0.1, -0.05) is 0 Å².